The third kappa shape index (κ3) is 2.90. The van der Waals surface area contributed by atoms with Crippen molar-refractivity contribution in [3.63, 3.8) is 0 Å². The SMILES string of the molecule is CN(C(=O)c1ccc(Br)cc1F)C1CCCNC1. The lowest BCUT2D eigenvalue weighted by molar-refractivity contribution is 0.0703. The fourth-order valence-corrected chi connectivity index (χ4v) is 2.52. The van der Waals surface area contributed by atoms with Crippen molar-refractivity contribution in [2.24, 2.45) is 0 Å². The molecule has 3 nitrogen and oxygen atoms in total. The summed E-state index contributed by atoms with van der Waals surface area (Å²) in [5, 5.41) is 3.25. The van der Waals surface area contributed by atoms with Crippen LogP contribution in [0.3, 0.4) is 0 Å². The number of benzene rings is 1. The van der Waals surface area contributed by atoms with Crippen LogP contribution in [0.5, 0.6) is 0 Å². The fraction of sp³-hybridized carbons (Fsp3) is 0.462. The Morgan fingerprint density at radius 1 is 1.56 bits per heavy atom. The number of hydrogen-bond acceptors (Lipinski definition) is 2. The summed E-state index contributed by atoms with van der Waals surface area (Å²) in [6, 6.07) is 4.67. The molecule has 0 spiro atoms. The molecule has 0 aliphatic carbocycles. The number of carbonyl (C=O) groups excluding carboxylic acids is 1. The van der Waals surface area contributed by atoms with Crippen molar-refractivity contribution < 1.29 is 9.18 Å². The molecular formula is C13H16BrFN2O. The average Bonchev–Trinajstić information content (AvgIpc) is 2.38. The number of carbonyl (C=O) groups is 1. The Morgan fingerprint density at radius 2 is 2.33 bits per heavy atom. The van der Waals surface area contributed by atoms with Crippen molar-refractivity contribution in [1.82, 2.24) is 10.2 Å². The maximum Gasteiger partial charge on any atom is 0.256 e. The van der Waals surface area contributed by atoms with Gasteiger partial charge in [-0.25, -0.2) is 4.39 Å². The predicted molar refractivity (Wildman–Crippen MR) is 72.1 cm³/mol. The lowest BCUT2D eigenvalue weighted by Gasteiger charge is -2.31. The van der Waals surface area contributed by atoms with Crippen molar-refractivity contribution in [3.05, 3.63) is 34.1 Å². The number of halogens is 2. The molecule has 1 aromatic rings. The van der Waals surface area contributed by atoms with E-state index in [0.29, 0.717) is 4.47 Å². The minimum atomic E-state index is -0.481. The van der Waals surface area contributed by atoms with E-state index in [0.717, 1.165) is 25.9 Å². The van der Waals surface area contributed by atoms with Crippen LogP contribution >= 0.6 is 15.9 Å². The van der Waals surface area contributed by atoms with Crippen LogP contribution < -0.4 is 5.32 Å². The van der Waals surface area contributed by atoms with Gasteiger partial charge in [-0.2, -0.15) is 0 Å². The lowest BCUT2D eigenvalue weighted by Crippen LogP contribution is -2.46. The van der Waals surface area contributed by atoms with E-state index in [1.807, 2.05) is 0 Å². The lowest BCUT2D eigenvalue weighted by atomic mass is 10.1. The molecule has 1 aliphatic rings. The third-order valence-corrected chi connectivity index (χ3v) is 3.79. The first-order valence-corrected chi connectivity index (χ1v) is 6.82. The van der Waals surface area contributed by atoms with Gasteiger partial charge in [-0.15, -0.1) is 0 Å². The number of amides is 1. The molecule has 1 heterocycles. The van der Waals surface area contributed by atoms with Crippen LogP contribution in [0.2, 0.25) is 0 Å². The highest BCUT2D eigenvalue weighted by atomic mass is 79.9. The van der Waals surface area contributed by atoms with Gasteiger partial charge in [-0.1, -0.05) is 15.9 Å². The van der Waals surface area contributed by atoms with Gasteiger partial charge in [-0.3, -0.25) is 4.79 Å². The number of piperidine rings is 1. The molecule has 2 rings (SSSR count). The molecule has 1 fully saturated rings. The first kappa shape index (κ1) is 13.5. The van der Waals surface area contributed by atoms with Gasteiger partial charge < -0.3 is 10.2 Å². The molecule has 1 unspecified atom stereocenters. The second-order valence-electron chi connectivity index (χ2n) is 4.54. The Kier molecular flexibility index (Phi) is 4.35. The van der Waals surface area contributed by atoms with Gasteiger partial charge in [0.1, 0.15) is 5.82 Å². The monoisotopic (exact) mass is 314 g/mol. The summed E-state index contributed by atoms with van der Waals surface area (Å²) >= 11 is 3.18. The van der Waals surface area contributed by atoms with Gasteiger partial charge in [0, 0.05) is 24.1 Å². The molecule has 1 aromatic carbocycles. The Hall–Kier alpha value is -0.940. The number of nitrogens with zero attached hydrogens (tertiary/aromatic N) is 1. The Morgan fingerprint density at radius 3 is 2.94 bits per heavy atom. The summed E-state index contributed by atoms with van der Waals surface area (Å²) in [6.07, 6.45) is 2.01. The van der Waals surface area contributed by atoms with E-state index in [-0.39, 0.29) is 17.5 Å². The van der Waals surface area contributed by atoms with Crippen LogP contribution in [-0.4, -0.2) is 37.0 Å². The van der Waals surface area contributed by atoms with Crippen LogP contribution in [0.1, 0.15) is 23.2 Å². The second kappa shape index (κ2) is 5.80. The van der Waals surface area contributed by atoms with E-state index < -0.39 is 5.82 Å². The standard InChI is InChI=1S/C13H16BrFN2O/c1-17(10-3-2-6-16-8-10)13(18)11-5-4-9(14)7-12(11)15/h4-5,7,10,16H,2-3,6,8H2,1H3. The fourth-order valence-electron chi connectivity index (χ4n) is 2.18. The normalized spacial score (nSPS) is 19.6. The zero-order valence-corrected chi connectivity index (χ0v) is 11.8. The quantitative estimate of drug-likeness (QED) is 0.909. The van der Waals surface area contributed by atoms with Gasteiger partial charge in [0.05, 0.1) is 5.56 Å². The molecule has 1 N–H and O–H groups in total. The molecule has 5 heteroatoms. The summed E-state index contributed by atoms with van der Waals surface area (Å²) in [5.74, 6) is -0.737. The van der Waals surface area contributed by atoms with E-state index >= 15 is 0 Å². The largest absolute Gasteiger partial charge is 0.337 e. The first-order chi connectivity index (χ1) is 8.59. The van der Waals surface area contributed by atoms with Crippen LogP contribution in [0, 0.1) is 5.82 Å². The van der Waals surface area contributed by atoms with E-state index in [1.54, 1.807) is 18.0 Å². The smallest absolute Gasteiger partial charge is 0.256 e. The molecule has 98 valence electrons. The maximum atomic E-state index is 13.7. The summed E-state index contributed by atoms with van der Waals surface area (Å²) < 4.78 is 14.4. The molecule has 0 saturated carbocycles. The average molecular weight is 315 g/mol. The van der Waals surface area contributed by atoms with E-state index in [2.05, 4.69) is 21.2 Å². The molecule has 18 heavy (non-hydrogen) atoms. The topological polar surface area (TPSA) is 32.3 Å². The highest BCUT2D eigenvalue weighted by Gasteiger charge is 2.24. The van der Waals surface area contributed by atoms with E-state index in [9.17, 15) is 9.18 Å². The molecule has 1 amide bonds. The molecule has 1 atom stereocenters. The van der Waals surface area contributed by atoms with Crippen LogP contribution in [-0.2, 0) is 0 Å². The molecule has 1 saturated heterocycles. The van der Waals surface area contributed by atoms with Crippen LogP contribution in [0.25, 0.3) is 0 Å². The maximum absolute atomic E-state index is 13.7. The number of likely N-dealkylation sites (N-methyl/N-ethyl adjacent to an activating group) is 1. The van der Waals surface area contributed by atoms with Crippen molar-refractivity contribution >= 4 is 21.8 Å². The van der Waals surface area contributed by atoms with Gasteiger partial charge in [0.15, 0.2) is 0 Å². The Balaban J connectivity index is 2.14. The Labute approximate surface area is 114 Å². The highest BCUT2D eigenvalue weighted by molar-refractivity contribution is 9.10. The van der Waals surface area contributed by atoms with Gasteiger partial charge in [0.2, 0.25) is 0 Å². The van der Waals surface area contributed by atoms with Gasteiger partial charge >= 0.3 is 0 Å². The second-order valence-corrected chi connectivity index (χ2v) is 5.46. The molecule has 0 radical (unpaired) electrons. The van der Waals surface area contributed by atoms with Gasteiger partial charge in [0.25, 0.3) is 5.91 Å². The van der Waals surface area contributed by atoms with E-state index in [4.69, 9.17) is 0 Å². The van der Waals surface area contributed by atoms with Crippen molar-refractivity contribution in [3.8, 4) is 0 Å². The molecule has 0 aromatic heterocycles. The molecule has 1 aliphatic heterocycles. The minimum Gasteiger partial charge on any atom is -0.337 e. The zero-order valence-electron chi connectivity index (χ0n) is 10.2. The Bertz CT molecular complexity index is 447. The van der Waals surface area contributed by atoms with Gasteiger partial charge in [-0.05, 0) is 37.6 Å². The summed E-state index contributed by atoms with van der Waals surface area (Å²) in [7, 11) is 1.74. The van der Waals surface area contributed by atoms with Crippen molar-refractivity contribution in [1.29, 1.82) is 0 Å². The number of hydrogen-bond donors (Lipinski definition) is 1. The third-order valence-electron chi connectivity index (χ3n) is 3.30. The predicted octanol–water partition coefficient (Wildman–Crippen LogP) is 2.41. The minimum absolute atomic E-state index is 0.131. The van der Waals surface area contributed by atoms with Crippen molar-refractivity contribution in [2.75, 3.05) is 20.1 Å². The molecule has 0 bridgehead atoms. The first-order valence-electron chi connectivity index (χ1n) is 6.02. The number of nitrogens with one attached hydrogen (secondary N) is 1. The van der Waals surface area contributed by atoms with E-state index in [1.165, 1.54) is 12.1 Å². The zero-order chi connectivity index (χ0) is 13.1. The summed E-state index contributed by atoms with van der Waals surface area (Å²) in [6.45, 7) is 1.77. The summed E-state index contributed by atoms with van der Waals surface area (Å²) in [5.41, 5.74) is 0.131. The molecular weight excluding hydrogens is 299 g/mol. The number of rotatable bonds is 2. The van der Waals surface area contributed by atoms with Crippen LogP contribution in [0.15, 0.2) is 22.7 Å². The van der Waals surface area contributed by atoms with Crippen LogP contribution in [0.4, 0.5) is 4.39 Å². The van der Waals surface area contributed by atoms with Crippen molar-refractivity contribution in [2.45, 2.75) is 18.9 Å². The summed E-state index contributed by atoms with van der Waals surface area (Å²) in [4.78, 5) is 13.9. The highest BCUT2D eigenvalue weighted by Crippen LogP contribution is 2.18.